The van der Waals surface area contributed by atoms with Gasteiger partial charge in [0.1, 0.15) is 0 Å². The van der Waals surface area contributed by atoms with Gasteiger partial charge in [0, 0.05) is 31.2 Å². The molecule has 3 amide bonds. The van der Waals surface area contributed by atoms with Crippen molar-refractivity contribution < 1.29 is 14.4 Å². The summed E-state index contributed by atoms with van der Waals surface area (Å²) in [5.41, 5.74) is 3.83. The molecule has 4 rings (SSSR count). The van der Waals surface area contributed by atoms with Crippen molar-refractivity contribution in [1.82, 2.24) is 10.2 Å². The summed E-state index contributed by atoms with van der Waals surface area (Å²) >= 11 is 0. The van der Waals surface area contributed by atoms with E-state index in [-0.39, 0.29) is 5.91 Å². The minimum Gasteiger partial charge on any atom is -0.348 e. The third-order valence-electron chi connectivity index (χ3n) is 6.67. The van der Waals surface area contributed by atoms with E-state index in [2.05, 4.69) is 29.4 Å². The largest absolute Gasteiger partial charge is 0.348 e. The number of benzene rings is 1. The third-order valence-corrected chi connectivity index (χ3v) is 6.67. The number of likely N-dealkylation sites (tertiary alicyclic amines) is 1. The molecule has 30 heavy (non-hydrogen) atoms. The van der Waals surface area contributed by atoms with E-state index in [0.717, 1.165) is 62.1 Å². The van der Waals surface area contributed by atoms with Gasteiger partial charge in [-0.2, -0.15) is 0 Å². The number of rotatable bonds is 4. The molecule has 3 aliphatic heterocycles. The van der Waals surface area contributed by atoms with Crippen LogP contribution in [-0.2, 0) is 27.2 Å². The van der Waals surface area contributed by atoms with Crippen molar-refractivity contribution in [3.05, 3.63) is 23.3 Å². The van der Waals surface area contributed by atoms with Gasteiger partial charge in [-0.25, -0.2) is 0 Å². The lowest BCUT2D eigenvalue weighted by Gasteiger charge is -2.35. The van der Waals surface area contributed by atoms with Crippen LogP contribution in [0.1, 0.15) is 50.7 Å². The fraction of sp³-hybridized carbons (Fsp3) is 0.609. The fourth-order valence-corrected chi connectivity index (χ4v) is 4.90. The summed E-state index contributed by atoms with van der Waals surface area (Å²) in [5.74, 6) is -0.599. The van der Waals surface area contributed by atoms with Gasteiger partial charge in [0.05, 0.1) is 5.69 Å². The molecule has 0 atom stereocenters. The van der Waals surface area contributed by atoms with Gasteiger partial charge in [-0.3, -0.25) is 14.4 Å². The van der Waals surface area contributed by atoms with Gasteiger partial charge in [0.25, 0.3) is 0 Å². The minimum atomic E-state index is -0.624. The van der Waals surface area contributed by atoms with E-state index in [1.54, 1.807) is 0 Å². The molecule has 7 nitrogen and oxygen atoms in total. The molecule has 1 saturated heterocycles. The Morgan fingerprint density at radius 2 is 1.73 bits per heavy atom. The lowest BCUT2D eigenvalue weighted by Crippen LogP contribution is -2.43. The Balaban J connectivity index is 1.33. The zero-order valence-electron chi connectivity index (χ0n) is 18.0. The summed E-state index contributed by atoms with van der Waals surface area (Å²) in [4.78, 5) is 41.3. The van der Waals surface area contributed by atoms with Crippen molar-refractivity contribution in [1.29, 1.82) is 0 Å². The summed E-state index contributed by atoms with van der Waals surface area (Å²) < 4.78 is 0. The molecule has 0 saturated carbocycles. The standard InChI is InChI=1S/C23H32N4O3/c1-15(2)26-10-7-16(8-11-26)14-24-22(29)23(30)25-19-12-17-4-3-9-27-20(28)6-5-18(13-19)21(17)27/h12-13,15-16H,3-11,14H2,1-2H3,(H,24,29)(H,25,30). The molecule has 0 radical (unpaired) electrons. The lowest BCUT2D eigenvalue weighted by molar-refractivity contribution is -0.136. The van der Waals surface area contributed by atoms with E-state index in [9.17, 15) is 14.4 Å². The van der Waals surface area contributed by atoms with Gasteiger partial charge in [-0.15, -0.1) is 0 Å². The molecule has 3 heterocycles. The van der Waals surface area contributed by atoms with Crippen LogP contribution in [0.25, 0.3) is 0 Å². The normalized spacial score (nSPS) is 19.6. The molecule has 7 heteroatoms. The van der Waals surface area contributed by atoms with E-state index in [0.29, 0.717) is 37.0 Å². The van der Waals surface area contributed by atoms with Crippen molar-refractivity contribution in [3.63, 3.8) is 0 Å². The van der Waals surface area contributed by atoms with Crippen molar-refractivity contribution in [2.75, 3.05) is 36.4 Å². The second-order valence-corrected chi connectivity index (χ2v) is 9.03. The summed E-state index contributed by atoms with van der Waals surface area (Å²) in [6.07, 6.45) is 5.08. The maximum Gasteiger partial charge on any atom is 0.313 e. The highest BCUT2D eigenvalue weighted by atomic mass is 16.2. The first-order chi connectivity index (χ1) is 14.4. The van der Waals surface area contributed by atoms with Gasteiger partial charge in [-0.1, -0.05) is 0 Å². The SMILES string of the molecule is CC(C)N1CCC(CNC(=O)C(=O)Nc2cc3c4c(c2)CCC(=O)N4CCC3)CC1. The maximum atomic E-state index is 12.4. The first-order valence-electron chi connectivity index (χ1n) is 11.2. The quantitative estimate of drug-likeness (QED) is 0.742. The third kappa shape index (κ3) is 4.36. The molecule has 1 aromatic rings. The summed E-state index contributed by atoms with van der Waals surface area (Å²) in [6.45, 7) is 7.81. The molecule has 2 N–H and O–H groups in total. The number of aryl methyl sites for hydroxylation is 2. The molecular formula is C23H32N4O3. The molecule has 0 aromatic heterocycles. The molecule has 162 valence electrons. The van der Waals surface area contributed by atoms with E-state index in [1.807, 2.05) is 17.0 Å². The Morgan fingerprint density at radius 1 is 1.03 bits per heavy atom. The van der Waals surface area contributed by atoms with Crippen molar-refractivity contribution in [3.8, 4) is 0 Å². The Kier molecular flexibility index (Phi) is 6.09. The second-order valence-electron chi connectivity index (χ2n) is 9.03. The summed E-state index contributed by atoms with van der Waals surface area (Å²) in [7, 11) is 0. The topological polar surface area (TPSA) is 81.8 Å². The van der Waals surface area contributed by atoms with Gasteiger partial charge in [0.2, 0.25) is 5.91 Å². The number of nitrogens with one attached hydrogen (secondary N) is 2. The van der Waals surface area contributed by atoms with Crippen LogP contribution >= 0.6 is 0 Å². The smallest absolute Gasteiger partial charge is 0.313 e. The van der Waals surface area contributed by atoms with Crippen LogP contribution < -0.4 is 15.5 Å². The van der Waals surface area contributed by atoms with Gasteiger partial charge in [-0.05, 0) is 88.2 Å². The van der Waals surface area contributed by atoms with Crippen LogP contribution in [0.15, 0.2) is 12.1 Å². The predicted molar refractivity (Wildman–Crippen MR) is 117 cm³/mol. The van der Waals surface area contributed by atoms with Crippen LogP contribution in [0.4, 0.5) is 11.4 Å². The van der Waals surface area contributed by atoms with Crippen molar-refractivity contribution in [2.24, 2.45) is 5.92 Å². The van der Waals surface area contributed by atoms with Gasteiger partial charge in [0.15, 0.2) is 0 Å². The molecule has 1 fully saturated rings. The highest BCUT2D eigenvalue weighted by Gasteiger charge is 2.30. The first-order valence-corrected chi connectivity index (χ1v) is 11.2. The zero-order valence-corrected chi connectivity index (χ0v) is 18.0. The average Bonchev–Trinajstić information content (AvgIpc) is 2.74. The maximum absolute atomic E-state index is 12.4. The number of anilines is 2. The van der Waals surface area contributed by atoms with Crippen molar-refractivity contribution in [2.45, 2.75) is 58.4 Å². The Bertz CT molecular complexity index is 826. The number of carbonyl (C=O) groups excluding carboxylic acids is 3. The number of piperidine rings is 1. The van der Waals surface area contributed by atoms with Crippen LogP contribution in [0.2, 0.25) is 0 Å². The van der Waals surface area contributed by atoms with Crippen LogP contribution in [0, 0.1) is 5.92 Å². The molecule has 3 aliphatic rings. The average molecular weight is 413 g/mol. The Morgan fingerprint density at radius 3 is 2.43 bits per heavy atom. The number of hydrogen-bond acceptors (Lipinski definition) is 4. The van der Waals surface area contributed by atoms with Crippen molar-refractivity contribution >= 4 is 29.1 Å². The lowest BCUT2D eigenvalue weighted by atomic mass is 9.91. The van der Waals surface area contributed by atoms with E-state index in [4.69, 9.17) is 0 Å². The second kappa shape index (κ2) is 8.76. The zero-order chi connectivity index (χ0) is 21.3. The monoisotopic (exact) mass is 412 g/mol. The number of carbonyl (C=O) groups is 3. The molecular weight excluding hydrogens is 380 g/mol. The predicted octanol–water partition coefficient (Wildman–Crippen LogP) is 2.09. The Hall–Kier alpha value is -2.41. The summed E-state index contributed by atoms with van der Waals surface area (Å²) in [6, 6.07) is 4.38. The van der Waals surface area contributed by atoms with Crippen LogP contribution in [0.3, 0.4) is 0 Å². The fourth-order valence-electron chi connectivity index (χ4n) is 4.90. The van der Waals surface area contributed by atoms with Crippen LogP contribution in [0.5, 0.6) is 0 Å². The van der Waals surface area contributed by atoms with E-state index in [1.165, 1.54) is 0 Å². The van der Waals surface area contributed by atoms with Gasteiger partial charge >= 0.3 is 11.8 Å². The number of amides is 3. The molecule has 0 unspecified atom stereocenters. The molecule has 0 aliphatic carbocycles. The highest BCUT2D eigenvalue weighted by Crippen LogP contribution is 2.37. The first kappa shape index (κ1) is 20.8. The molecule has 0 spiro atoms. The molecule has 1 aromatic carbocycles. The van der Waals surface area contributed by atoms with Gasteiger partial charge < -0.3 is 20.4 Å². The highest BCUT2D eigenvalue weighted by molar-refractivity contribution is 6.39. The Labute approximate surface area is 178 Å². The van der Waals surface area contributed by atoms with E-state index < -0.39 is 11.8 Å². The molecule has 0 bridgehead atoms. The van der Waals surface area contributed by atoms with E-state index >= 15 is 0 Å². The summed E-state index contributed by atoms with van der Waals surface area (Å²) in [5, 5.41) is 5.57. The number of hydrogen-bond donors (Lipinski definition) is 2. The number of nitrogens with zero attached hydrogens (tertiary/aromatic N) is 2. The van der Waals surface area contributed by atoms with Crippen LogP contribution in [-0.4, -0.2) is 54.8 Å². The minimum absolute atomic E-state index is 0.179.